The number of nitriles is 1. The van der Waals surface area contributed by atoms with Crippen LogP contribution < -0.4 is 10.5 Å². The zero-order valence-electron chi connectivity index (χ0n) is 16.8. The monoisotopic (exact) mass is 432 g/mol. The number of anilines is 1. The number of fused-ring (bicyclic) bond motifs is 7. The molecule has 1 atom stereocenters. The van der Waals surface area contributed by atoms with Crippen LogP contribution in [0.5, 0.6) is 5.75 Å². The summed E-state index contributed by atoms with van der Waals surface area (Å²) in [6, 6.07) is 8.58. The van der Waals surface area contributed by atoms with E-state index in [9.17, 15) is 9.65 Å². The molecule has 0 saturated heterocycles. The van der Waals surface area contributed by atoms with E-state index in [0.29, 0.717) is 34.6 Å². The van der Waals surface area contributed by atoms with Crippen molar-refractivity contribution in [3.8, 4) is 33.4 Å². The molecule has 1 aliphatic rings. The second kappa shape index (κ2) is 7.18. The molecule has 1 aromatic carbocycles. The Kier molecular flexibility index (Phi) is 4.45. The highest BCUT2D eigenvalue weighted by atomic mass is 32.1. The molecule has 5 rings (SSSR count). The van der Waals surface area contributed by atoms with Gasteiger partial charge in [-0.15, -0.1) is 11.3 Å². The number of rotatable bonds is 0. The Hall–Kier alpha value is -3.77. The van der Waals surface area contributed by atoms with Gasteiger partial charge in [0.2, 0.25) is 0 Å². The molecule has 1 unspecified atom stereocenters. The highest BCUT2D eigenvalue weighted by molar-refractivity contribution is 7.13. The first-order valence-corrected chi connectivity index (χ1v) is 10.4. The van der Waals surface area contributed by atoms with Crippen molar-refractivity contribution in [3.63, 3.8) is 0 Å². The van der Waals surface area contributed by atoms with Gasteiger partial charge in [0.1, 0.15) is 18.0 Å². The molecule has 2 bridgehead atoms. The van der Waals surface area contributed by atoms with E-state index in [4.69, 9.17) is 10.5 Å². The van der Waals surface area contributed by atoms with Crippen molar-refractivity contribution in [2.24, 2.45) is 7.05 Å². The Labute approximate surface area is 181 Å². The van der Waals surface area contributed by atoms with E-state index in [1.165, 1.54) is 23.5 Å². The minimum absolute atomic E-state index is 0.216. The lowest BCUT2D eigenvalue weighted by molar-refractivity contribution is 0.228. The minimum Gasteiger partial charge on any atom is -0.482 e. The molecule has 0 aliphatic carbocycles. The van der Waals surface area contributed by atoms with Gasteiger partial charge in [-0.25, -0.2) is 14.4 Å². The van der Waals surface area contributed by atoms with Gasteiger partial charge in [-0.05, 0) is 25.1 Å². The van der Waals surface area contributed by atoms with Crippen LogP contribution in [0.4, 0.5) is 10.2 Å². The number of benzene rings is 1. The summed E-state index contributed by atoms with van der Waals surface area (Å²) in [6.45, 7) is 1.84. The van der Waals surface area contributed by atoms with Gasteiger partial charge in [-0.3, -0.25) is 4.68 Å². The van der Waals surface area contributed by atoms with E-state index in [-0.39, 0.29) is 11.6 Å². The lowest BCUT2D eigenvalue weighted by Crippen LogP contribution is -2.09. The maximum atomic E-state index is 14.2. The Balaban J connectivity index is 1.83. The molecule has 1 aliphatic heterocycles. The van der Waals surface area contributed by atoms with Crippen molar-refractivity contribution in [2.45, 2.75) is 19.4 Å². The molecular weight excluding hydrogens is 415 g/mol. The Bertz CT molecular complexity index is 1370. The number of nitrogens with two attached hydrogens (primary N) is 1. The molecule has 0 saturated carbocycles. The van der Waals surface area contributed by atoms with Gasteiger partial charge in [0, 0.05) is 41.9 Å². The highest BCUT2D eigenvalue weighted by Crippen LogP contribution is 2.40. The number of aromatic nitrogens is 4. The minimum atomic E-state index is -0.497. The van der Waals surface area contributed by atoms with Crippen LogP contribution in [-0.4, -0.2) is 19.7 Å². The van der Waals surface area contributed by atoms with Gasteiger partial charge in [0.05, 0.1) is 21.8 Å². The number of halogens is 1. The Morgan fingerprint density at radius 1 is 1.32 bits per heavy atom. The standard InChI is InChI=1S/C22H17FN6OS/c1-11-15-6-13(23)3-4-14(15)21-16(27-10-31-21)7-18-20(17(8-24)28-29(18)2)12-5-19(30-11)22(25)26-9-12/h3-6,9-11H,7H2,1-2H3,(H2,25,26). The van der Waals surface area contributed by atoms with E-state index in [2.05, 4.69) is 21.1 Å². The van der Waals surface area contributed by atoms with Gasteiger partial charge >= 0.3 is 0 Å². The SMILES string of the molecule is CC1Oc2cc(cnc2N)-c2c(C#N)nn(C)c2Cc2ncsc2-c2ccc(F)cc21. The number of pyridine rings is 1. The van der Waals surface area contributed by atoms with E-state index in [1.54, 1.807) is 35.6 Å². The summed E-state index contributed by atoms with van der Waals surface area (Å²) in [5.41, 5.74) is 12.7. The largest absolute Gasteiger partial charge is 0.482 e. The van der Waals surface area contributed by atoms with Crippen LogP contribution in [0.3, 0.4) is 0 Å². The van der Waals surface area contributed by atoms with Gasteiger partial charge in [-0.2, -0.15) is 10.4 Å². The zero-order valence-corrected chi connectivity index (χ0v) is 17.6. The van der Waals surface area contributed by atoms with Crippen molar-refractivity contribution < 1.29 is 9.13 Å². The maximum absolute atomic E-state index is 14.2. The molecule has 0 fully saturated rings. The third-order valence-electron chi connectivity index (χ3n) is 5.42. The first kappa shape index (κ1) is 19.2. The molecule has 2 N–H and O–H groups in total. The molecule has 154 valence electrons. The Morgan fingerprint density at radius 2 is 2.16 bits per heavy atom. The summed E-state index contributed by atoms with van der Waals surface area (Å²) in [4.78, 5) is 9.77. The number of nitrogen functional groups attached to an aromatic ring is 1. The van der Waals surface area contributed by atoms with Crippen molar-refractivity contribution >= 4 is 17.2 Å². The molecule has 31 heavy (non-hydrogen) atoms. The number of hydrogen-bond donors (Lipinski definition) is 1. The summed E-state index contributed by atoms with van der Waals surface area (Å²) in [7, 11) is 1.80. The van der Waals surface area contributed by atoms with Gasteiger partial charge in [0.25, 0.3) is 0 Å². The summed E-state index contributed by atoms with van der Waals surface area (Å²) in [6.07, 6.45) is 1.56. The van der Waals surface area contributed by atoms with Crippen molar-refractivity contribution in [1.82, 2.24) is 19.7 Å². The molecular formula is C22H17FN6OS. The number of hydrogen-bond acceptors (Lipinski definition) is 7. The molecule has 7 nitrogen and oxygen atoms in total. The summed E-state index contributed by atoms with van der Waals surface area (Å²) >= 11 is 1.48. The molecule has 0 spiro atoms. The fourth-order valence-electron chi connectivity index (χ4n) is 3.93. The van der Waals surface area contributed by atoms with Crippen molar-refractivity contribution in [1.29, 1.82) is 5.26 Å². The molecule has 0 amide bonds. The van der Waals surface area contributed by atoms with Gasteiger partial charge in [-0.1, -0.05) is 6.07 Å². The van der Waals surface area contributed by atoms with Crippen LogP contribution in [-0.2, 0) is 13.5 Å². The first-order chi connectivity index (χ1) is 15.0. The normalized spacial score (nSPS) is 14.8. The van der Waals surface area contributed by atoms with Gasteiger partial charge < -0.3 is 10.5 Å². The van der Waals surface area contributed by atoms with E-state index >= 15 is 0 Å². The summed E-state index contributed by atoms with van der Waals surface area (Å²) < 4.78 is 22.0. The van der Waals surface area contributed by atoms with E-state index in [1.807, 2.05) is 6.92 Å². The van der Waals surface area contributed by atoms with Crippen LogP contribution in [0.2, 0.25) is 0 Å². The lowest BCUT2D eigenvalue weighted by Gasteiger charge is -2.21. The average molecular weight is 432 g/mol. The van der Waals surface area contributed by atoms with Crippen LogP contribution >= 0.6 is 11.3 Å². The highest BCUT2D eigenvalue weighted by Gasteiger charge is 2.25. The fourth-order valence-corrected chi connectivity index (χ4v) is 4.79. The zero-order chi connectivity index (χ0) is 21.7. The molecule has 3 aromatic heterocycles. The van der Waals surface area contributed by atoms with Crippen LogP contribution in [0.1, 0.15) is 35.7 Å². The number of ether oxygens (including phenoxy) is 1. The summed E-state index contributed by atoms with van der Waals surface area (Å²) in [5.74, 6) is 0.233. The first-order valence-electron chi connectivity index (χ1n) is 9.57. The van der Waals surface area contributed by atoms with E-state index in [0.717, 1.165) is 21.8 Å². The second-order valence-electron chi connectivity index (χ2n) is 7.31. The van der Waals surface area contributed by atoms with Crippen LogP contribution in [0.25, 0.3) is 21.6 Å². The molecule has 0 radical (unpaired) electrons. The predicted octanol–water partition coefficient (Wildman–Crippen LogP) is 4.24. The van der Waals surface area contributed by atoms with Crippen molar-refractivity contribution in [2.75, 3.05) is 5.73 Å². The third kappa shape index (κ3) is 3.12. The summed E-state index contributed by atoms with van der Waals surface area (Å²) in [5, 5.41) is 14.1. The van der Waals surface area contributed by atoms with E-state index < -0.39 is 6.10 Å². The average Bonchev–Trinajstić information content (AvgIpc) is 3.33. The van der Waals surface area contributed by atoms with Crippen LogP contribution in [0, 0.1) is 17.1 Å². The topological polar surface area (TPSA) is 103 Å². The van der Waals surface area contributed by atoms with Crippen LogP contribution in [0.15, 0.2) is 36.0 Å². The molecule has 4 heterocycles. The number of aryl methyl sites for hydroxylation is 1. The quantitative estimate of drug-likeness (QED) is 0.446. The smallest absolute Gasteiger partial charge is 0.170 e. The second-order valence-corrected chi connectivity index (χ2v) is 8.16. The Morgan fingerprint density at radius 3 is 2.97 bits per heavy atom. The maximum Gasteiger partial charge on any atom is 0.170 e. The third-order valence-corrected chi connectivity index (χ3v) is 6.32. The number of thiazole rings is 1. The number of nitrogens with zero attached hydrogens (tertiary/aromatic N) is 5. The van der Waals surface area contributed by atoms with Crippen molar-refractivity contribution in [3.05, 3.63) is 64.4 Å². The lowest BCUT2D eigenvalue weighted by atomic mass is 9.97. The van der Waals surface area contributed by atoms with Gasteiger partial charge in [0.15, 0.2) is 17.3 Å². The fraction of sp³-hybridized carbons (Fsp3) is 0.182. The molecule has 9 heteroatoms. The predicted molar refractivity (Wildman–Crippen MR) is 115 cm³/mol. The molecule has 4 aromatic rings.